The van der Waals surface area contributed by atoms with E-state index in [9.17, 15) is 9.18 Å². The number of hydrogen-bond acceptors (Lipinski definition) is 5. The summed E-state index contributed by atoms with van der Waals surface area (Å²) in [6.07, 6.45) is 1.74. The molecule has 2 aromatic carbocycles. The van der Waals surface area contributed by atoms with E-state index in [1.165, 1.54) is 30.0 Å². The standard InChI is InChI=1S/C20H18ClFN4O2S/c1-3-10-26-19(13-4-7-15(28-2)8-5-13)24-25-20(26)29-12-18(27)23-14-6-9-17(22)16(21)11-14/h3-9,11H,1,10,12H2,2H3,(H,23,27). The van der Waals surface area contributed by atoms with Crippen molar-refractivity contribution < 1.29 is 13.9 Å². The molecule has 3 aromatic rings. The number of nitrogens with one attached hydrogen (secondary N) is 1. The fraction of sp³-hybridized carbons (Fsp3) is 0.150. The van der Waals surface area contributed by atoms with Gasteiger partial charge >= 0.3 is 0 Å². The molecule has 0 aliphatic heterocycles. The number of thioether (sulfide) groups is 1. The van der Waals surface area contributed by atoms with E-state index < -0.39 is 5.82 Å². The van der Waals surface area contributed by atoms with Gasteiger partial charge in [-0.25, -0.2) is 4.39 Å². The fourth-order valence-corrected chi connectivity index (χ4v) is 3.47. The Kier molecular flexibility index (Phi) is 6.90. The van der Waals surface area contributed by atoms with Crippen LogP contribution in [0.3, 0.4) is 0 Å². The first-order valence-electron chi connectivity index (χ1n) is 8.58. The van der Waals surface area contributed by atoms with Gasteiger partial charge in [0.05, 0.1) is 17.9 Å². The lowest BCUT2D eigenvalue weighted by molar-refractivity contribution is -0.113. The number of ether oxygens (including phenoxy) is 1. The van der Waals surface area contributed by atoms with Crippen molar-refractivity contribution >= 4 is 35.0 Å². The Morgan fingerprint density at radius 1 is 1.31 bits per heavy atom. The highest BCUT2D eigenvalue weighted by Crippen LogP contribution is 2.26. The third-order valence-electron chi connectivity index (χ3n) is 3.91. The summed E-state index contributed by atoms with van der Waals surface area (Å²) in [4.78, 5) is 12.2. The van der Waals surface area contributed by atoms with Crippen LogP contribution in [-0.4, -0.2) is 33.5 Å². The fourth-order valence-electron chi connectivity index (χ4n) is 2.54. The molecule has 0 atom stereocenters. The number of anilines is 1. The minimum Gasteiger partial charge on any atom is -0.497 e. The molecular formula is C20H18ClFN4O2S. The molecule has 3 rings (SSSR count). The molecule has 1 heterocycles. The molecule has 0 radical (unpaired) electrons. The smallest absolute Gasteiger partial charge is 0.234 e. The van der Waals surface area contributed by atoms with E-state index in [0.717, 1.165) is 11.3 Å². The van der Waals surface area contributed by atoms with Gasteiger partial charge in [0.2, 0.25) is 5.91 Å². The molecule has 0 unspecified atom stereocenters. The third kappa shape index (κ3) is 5.16. The summed E-state index contributed by atoms with van der Waals surface area (Å²) in [5.74, 6) is 0.711. The Bertz CT molecular complexity index is 1020. The van der Waals surface area contributed by atoms with Crippen LogP contribution in [0.1, 0.15) is 0 Å². The van der Waals surface area contributed by atoms with Crippen LogP contribution in [0.5, 0.6) is 5.75 Å². The van der Waals surface area contributed by atoms with Crippen LogP contribution in [0.2, 0.25) is 5.02 Å². The number of allylic oxidation sites excluding steroid dienone is 1. The molecular weight excluding hydrogens is 415 g/mol. The zero-order chi connectivity index (χ0) is 20.8. The van der Waals surface area contributed by atoms with Crippen LogP contribution in [-0.2, 0) is 11.3 Å². The summed E-state index contributed by atoms with van der Waals surface area (Å²) in [5, 5.41) is 11.7. The van der Waals surface area contributed by atoms with Crippen LogP contribution in [0.25, 0.3) is 11.4 Å². The number of methoxy groups -OCH3 is 1. The van der Waals surface area contributed by atoms with Crippen molar-refractivity contribution in [2.24, 2.45) is 0 Å². The number of carbonyl (C=O) groups excluding carboxylic acids is 1. The van der Waals surface area contributed by atoms with Crippen LogP contribution < -0.4 is 10.1 Å². The minimum absolute atomic E-state index is 0.0506. The van der Waals surface area contributed by atoms with Gasteiger partial charge in [-0.15, -0.1) is 16.8 Å². The van der Waals surface area contributed by atoms with Crippen molar-refractivity contribution in [1.82, 2.24) is 14.8 Å². The second kappa shape index (κ2) is 9.58. The lowest BCUT2D eigenvalue weighted by Gasteiger charge is -2.09. The Morgan fingerprint density at radius 3 is 2.72 bits per heavy atom. The van der Waals surface area contributed by atoms with Gasteiger partial charge in [-0.1, -0.05) is 29.4 Å². The van der Waals surface area contributed by atoms with Crippen molar-refractivity contribution in [2.75, 3.05) is 18.2 Å². The predicted octanol–water partition coefficient (Wildman–Crippen LogP) is 4.66. The first-order valence-corrected chi connectivity index (χ1v) is 9.94. The van der Waals surface area contributed by atoms with Gasteiger partial charge in [0, 0.05) is 17.8 Å². The average molecular weight is 433 g/mol. The number of carbonyl (C=O) groups is 1. The number of aromatic nitrogens is 3. The third-order valence-corrected chi connectivity index (χ3v) is 5.17. The molecule has 9 heteroatoms. The number of nitrogens with zero attached hydrogens (tertiary/aromatic N) is 3. The lowest BCUT2D eigenvalue weighted by Crippen LogP contribution is -2.14. The molecule has 1 amide bonds. The van der Waals surface area contributed by atoms with Gasteiger partial charge in [-0.05, 0) is 42.5 Å². The van der Waals surface area contributed by atoms with Gasteiger partial charge in [0.15, 0.2) is 11.0 Å². The summed E-state index contributed by atoms with van der Waals surface area (Å²) in [6, 6.07) is 11.5. The van der Waals surface area contributed by atoms with Crippen LogP contribution in [0, 0.1) is 5.82 Å². The molecule has 1 N–H and O–H groups in total. The lowest BCUT2D eigenvalue weighted by atomic mass is 10.2. The molecule has 0 aliphatic rings. The van der Waals surface area contributed by atoms with Crippen molar-refractivity contribution in [2.45, 2.75) is 11.7 Å². The predicted molar refractivity (Wildman–Crippen MR) is 113 cm³/mol. The van der Waals surface area contributed by atoms with E-state index in [-0.39, 0.29) is 16.7 Å². The zero-order valence-electron chi connectivity index (χ0n) is 15.6. The summed E-state index contributed by atoms with van der Waals surface area (Å²) in [7, 11) is 1.61. The monoisotopic (exact) mass is 432 g/mol. The summed E-state index contributed by atoms with van der Waals surface area (Å²) in [5.41, 5.74) is 1.30. The summed E-state index contributed by atoms with van der Waals surface area (Å²) in [6.45, 7) is 4.27. The van der Waals surface area contributed by atoms with Gasteiger partial charge in [0.1, 0.15) is 11.6 Å². The van der Waals surface area contributed by atoms with Gasteiger partial charge in [-0.3, -0.25) is 9.36 Å². The number of benzene rings is 2. The minimum atomic E-state index is -0.539. The Hall–Kier alpha value is -2.84. The van der Waals surface area contributed by atoms with Crippen LogP contribution in [0.15, 0.2) is 60.3 Å². The number of amides is 1. The maximum Gasteiger partial charge on any atom is 0.234 e. The first-order chi connectivity index (χ1) is 14.0. The van der Waals surface area contributed by atoms with E-state index in [1.807, 2.05) is 28.8 Å². The van der Waals surface area contributed by atoms with E-state index in [0.29, 0.717) is 23.2 Å². The molecule has 0 spiro atoms. The number of rotatable bonds is 8. The van der Waals surface area contributed by atoms with E-state index in [4.69, 9.17) is 16.3 Å². The molecule has 0 bridgehead atoms. The van der Waals surface area contributed by atoms with E-state index in [2.05, 4.69) is 22.1 Å². The zero-order valence-corrected chi connectivity index (χ0v) is 17.1. The Labute approximate surface area is 176 Å². The quantitative estimate of drug-likeness (QED) is 0.414. The van der Waals surface area contributed by atoms with Crippen LogP contribution >= 0.6 is 23.4 Å². The maximum absolute atomic E-state index is 13.2. The SMILES string of the molecule is C=CCn1c(SCC(=O)Nc2ccc(F)c(Cl)c2)nnc1-c1ccc(OC)cc1. The molecule has 6 nitrogen and oxygen atoms in total. The number of halogens is 2. The molecule has 0 aliphatic carbocycles. The van der Waals surface area contributed by atoms with Crippen molar-refractivity contribution in [3.8, 4) is 17.1 Å². The van der Waals surface area contributed by atoms with E-state index in [1.54, 1.807) is 13.2 Å². The molecule has 1 aromatic heterocycles. The van der Waals surface area contributed by atoms with Gasteiger partial charge in [0.25, 0.3) is 0 Å². The van der Waals surface area contributed by atoms with Gasteiger partial charge < -0.3 is 10.1 Å². The Morgan fingerprint density at radius 2 is 2.07 bits per heavy atom. The maximum atomic E-state index is 13.2. The molecule has 29 heavy (non-hydrogen) atoms. The topological polar surface area (TPSA) is 69.0 Å². The van der Waals surface area contributed by atoms with Crippen molar-refractivity contribution in [1.29, 1.82) is 0 Å². The van der Waals surface area contributed by atoms with Gasteiger partial charge in [-0.2, -0.15) is 0 Å². The number of hydrogen-bond donors (Lipinski definition) is 1. The van der Waals surface area contributed by atoms with E-state index >= 15 is 0 Å². The Balaban J connectivity index is 1.71. The average Bonchev–Trinajstić information content (AvgIpc) is 3.12. The second-order valence-corrected chi connectivity index (χ2v) is 7.25. The normalized spacial score (nSPS) is 10.6. The second-order valence-electron chi connectivity index (χ2n) is 5.90. The largest absolute Gasteiger partial charge is 0.497 e. The first kappa shape index (κ1) is 20.9. The highest BCUT2D eigenvalue weighted by atomic mass is 35.5. The van der Waals surface area contributed by atoms with Crippen molar-refractivity contribution in [3.05, 3.63) is 66.0 Å². The van der Waals surface area contributed by atoms with Crippen LogP contribution in [0.4, 0.5) is 10.1 Å². The molecule has 150 valence electrons. The summed E-state index contributed by atoms with van der Waals surface area (Å²) >= 11 is 6.98. The molecule has 0 saturated carbocycles. The highest BCUT2D eigenvalue weighted by Gasteiger charge is 2.15. The molecule has 0 fully saturated rings. The molecule has 0 saturated heterocycles. The van der Waals surface area contributed by atoms with Crippen molar-refractivity contribution in [3.63, 3.8) is 0 Å². The summed E-state index contributed by atoms with van der Waals surface area (Å²) < 4.78 is 20.3. The highest BCUT2D eigenvalue weighted by molar-refractivity contribution is 7.99.